The van der Waals surface area contributed by atoms with E-state index in [4.69, 9.17) is 26.1 Å². The van der Waals surface area contributed by atoms with Crippen LogP contribution in [0.25, 0.3) is 0 Å². The monoisotopic (exact) mass is 262 g/mol. The van der Waals surface area contributed by atoms with Gasteiger partial charge in [-0.1, -0.05) is 0 Å². The number of hydrogen-bond donors (Lipinski definition) is 5. The topological polar surface area (TPSA) is 147 Å². The molecule has 0 aromatic rings. The number of nitrogens with zero attached hydrogens (tertiary/aromatic N) is 2. The van der Waals surface area contributed by atoms with Crippen LogP contribution in [0, 0.1) is 0 Å². The van der Waals surface area contributed by atoms with Crippen LogP contribution in [-0.4, -0.2) is 70.3 Å². The van der Waals surface area contributed by atoms with E-state index in [-0.39, 0.29) is 12.1 Å². The van der Waals surface area contributed by atoms with Crippen molar-refractivity contribution < 1.29 is 24.9 Å². The first-order valence-corrected chi connectivity index (χ1v) is 5.68. The van der Waals surface area contributed by atoms with E-state index in [0.29, 0.717) is 13.0 Å². The normalized spacial score (nSPS) is 41.0. The summed E-state index contributed by atoms with van der Waals surface area (Å²) >= 11 is 0. The zero-order valence-corrected chi connectivity index (χ0v) is 9.72. The second kappa shape index (κ2) is 5.34. The highest BCUT2D eigenvalue weighted by molar-refractivity contribution is 5.77. The van der Waals surface area contributed by atoms with Crippen molar-refractivity contribution >= 4 is 5.96 Å². The van der Waals surface area contributed by atoms with Crippen LogP contribution < -0.4 is 11.5 Å². The van der Waals surface area contributed by atoms with E-state index >= 15 is 0 Å². The Labute approximate surface area is 104 Å². The van der Waals surface area contributed by atoms with Crippen LogP contribution in [0.4, 0.5) is 0 Å². The first-order chi connectivity index (χ1) is 8.52. The first kappa shape index (κ1) is 13.5. The van der Waals surface area contributed by atoms with Crippen molar-refractivity contribution in [3.05, 3.63) is 0 Å². The summed E-state index contributed by atoms with van der Waals surface area (Å²) in [7, 11) is 0. The molecule has 0 spiro atoms. The average Bonchev–Trinajstić information content (AvgIpc) is 2.60. The number of hydrogen-bond acceptors (Lipinski definition) is 9. The highest BCUT2D eigenvalue weighted by Gasteiger charge is 2.44. The molecule has 2 heterocycles. The smallest absolute Gasteiger partial charge is 0.217 e. The third kappa shape index (κ3) is 2.55. The summed E-state index contributed by atoms with van der Waals surface area (Å²) in [4.78, 5) is 9.22. The van der Waals surface area contributed by atoms with Crippen LogP contribution in [-0.2, 0) is 9.57 Å². The molecule has 2 aliphatic heterocycles. The summed E-state index contributed by atoms with van der Waals surface area (Å²) in [6, 6.07) is 0. The standard InChI is InChI=1S/C9H18N4O5/c10-5-1-2-13(9(11)12-5)18-8-7(16)6(15)4(3-14)17-8/h4-8,14-16H,1-3,10H2,(H2,11,12)/t4-,5?,6-,7-,8?/m1/s1. The molecule has 1 fully saturated rings. The van der Waals surface area contributed by atoms with Gasteiger partial charge in [-0.3, -0.25) is 0 Å². The number of hydroxylamine groups is 2. The van der Waals surface area contributed by atoms with Crippen molar-refractivity contribution in [2.45, 2.75) is 37.2 Å². The maximum Gasteiger partial charge on any atom is 0.217 e. The zero-order chi connectivity index (χ0) is 13.3. The summed E-state index contributed by atoms with van der Waals surface area (Å²) in [5.41, 5.74) is 11.2. The molecule has 7 N–H and O–H groups in total. The van der Waals surface area contributed by atoms with E-state index in [1.807, 2.05) is 0 Å². The quantitative estimate of drug-likeness (QED) is 0.354. The molecule has 18 heavy (non-hydrogen) atoms. The number of nitrogens with two attached hydrogens (primary N) is 2. The van der Waals surface area contributed by atoms with Gasteiger partial charge in [-0.2, -0.15) is 0 Å². The minimum absolute atomic E-state index is 0.0893. The van der Waals surface area contributed by atoms with Crippen molar-refractivity contribution in [3.63, 3.8) is 0 Å². The fraction of sp³-hybridized carbons (Fsp3) is 0.889. The number of aliphatic imine (C=N–C) groups is 1. The molecule has 9 heteroatoms. The van der Waals surface area contributed by atoms with Gasteiger partial charge in [0.1, 0.15) is 24.5 Å². The van der Waals surface area contributed by atoms with Gasteiger partial charge in [0.05, 0.1) is 13.2 Å². The van der Waals surface area contributed by atoms with Gasteiger partial charge >= 0.3 is 0 Å². The molecule has 0 saturated carbocycles. The van der Waals surface area contributed by atoms with Gasteiger partial charge in [-0.25, -0.2) is 14.9 Å². The fourth-order valence-electron chi connectivity index (χ4n) is 1.85. The molecule has 104 valence electrons. The Morgan fingerprint density at radius 3 is 2.72 bits per heavy atom. The lowest BCUT2D eigenvalue weighted by Gasteiger charge is -2.30. The van der Waals surface area contributed by atoms with E-state index in [9.17, 15) is 10.2 Å². The SMILES string of the molecule is NC1=NC(N)CCN1OC1O[C@H](CO)[C@@H](O)[C@H]1O. The summed E-state index contributed by atoms with van der Waals surface area (Å²) < 4.78 is 5.16. The van der Waals surface area contributed by atoms with Gasteiger partial charge in [0.25, 0.3) is 0 Å². The maximum absolute atomic E-state index is 9.68. The second-order valence-electron chi connectivity index (χ2n) is 4.26. The van der Waals surface area contributed by atoms with E-state index < -0.39 is 31.2 Å². The molecule has 0 aliphatic carbocycles. The van der Waals surface area contributed by atoms with Crippen molar-refractivity contribution in [2.24, 2.45) is 16.5 Å². The van der Waals surface area contributed by atoms with Crippen LogP contribution in [0.5, 0.6) is 0 Å². The van der Waals surface area contributed by atoms with Gasteiger partial charge < -0.3 is 31.5 Å². The van der Waals surface area contributed by atoms with Gasteiger partial charge in [0.2, 0.25) is 12.2 Å². The number of guanidine groups is 1. The van der Waals surface area contributed by atoms with Gasteiger partial charge in [0.15, 0.2) is 0 Å². The van der Waals surface area contributed by atoms with E-state index in [2.05, 4.69) is 4.99 Å². The lowest BCUT2D eigenvalue weighted by Crippen LogP contribution is -2.48. The van der Waals surface area contributed by atoms with Crippen molar-refractivity contribution in [2.75, 3.05) is 13.2 Å². The van der Waals surface area contributed by atoms with Crippen LogP contribution in [0.1, 0.15) is 6.42 Å². The highest BCUT2D eigenvalue weighted by Crippen LogP contribution is 2.23. The summed E-state index contributed by atoms with van der Waals surface area (Å²) in [6.07, 6.45) is -4.25. The molecule has 2 aliphatic rings. The largest absolute Gasteiger partial charge is 0.394 e. The molecular weight excluding hydrogens is 244 g/mol. The predicted octanol–water partition coefficient (Wildman–Crippen LogP) is -3.34. The summed E-state index contributed by atoms with van der Waals surface area (Å²) in [6.45, 7) is -0.00447. The van der Waals surface area contributed by atoms with Crippen LogP contribution in [0.2, 0.25) is 0 Å². The van der Waals surface area contributed by atoms with Crippen LogP contribution in [0.3, 0.4) is 0 Å². The first-order valence-electron chi connectivity index (χ1n) is 5.68. The maximum atomic E-state index is 9.68. The predicted molar refractivity (Wildman–Crippen MR) is 59.8 cm³/mol. The van der Waals surface area contributed by atoms with Crippen molar-refractivity contribution in [1.29, 1.82) is 0 Å². The van der Waals surface area contributed by atoms with Crippen LogP contribution >= 0.6 is 0 Å². The molecule has 1 saturated heterocycles. The summed E-state index contributed by atoms with van der Waals surface area (Å²) in [5, 5.41) is 29.4. The molecule has 2 unspecified atom stereocenters. The van der Waals surface area contributed by atoms with E-state index in [1.165, 1.54) is 5.06 Å². The zero-order valence-electron chi connectivity index (χ0n) is 9.72. The Kier molecular flexibility index (Phi) is 4.00. The third-order valence-corrected chi connectivity index (χ3v) is 2.91. The Hall–Kier alpha value is -0.970. The average molecular weight is 262 g/mol. The minimum atomic E-state index is -1.26. The second-order valence-corrected chi connectivity index (χ2v) is 4.26. The lowest BCUT2D eigenvalue weighted by molar-refractivity contribution is -0.265. The molecule has 9 nitrogen and oxygen atoms in total. The number of ether oxygens (including phenoxy) is 1. The Balaban J connectivity index is 1.96. The fourth-order valence-corrected chi connectivity index (χ4v) is 1.85. The molecule has 5 atom stereocenters. The Bertz CT molecular complexity index is 328. The Morgan fingerprint density at radius 1 is 1.44 bits per heavy atom. The van der Waals surface area contributed by atoms with Crippen molar-refractivity contribution in [1.82, 2.24) is 5.06 Å². The number of aliphatic hydroxyl groups excluding tert-OH is 3. The number of aliphatic hydroxyl groups is 3. The molecule has 0 bridgehead atoms. The molecule has 0 aromatic carbocycles. The minimum Gasteiger partial charge on any atom is -0.394 e. The van der Waals surface area contributed by atoms with Crippen LogP contribution in [0.15, 0.2) is 4.99 Å². The molecule has 0 aromatic heterocycles. The molecule has 0 radical (unpaired) electrons. The van der Waals surface area contributed by atoms with Crippen molar-refractivity contribution in [3.8, 4) is 0 Å². The Morgan fingerprint density at radius 2 is 2.17 bits per heavy atom. The van der Waals surface area contributed by atoms with Gasteiger partial charge in [0, 0.05) is 6.42 Å². The van der Waals surface area contributed by atoms with Gasteiger partial charge in [-0.15, -0.1) is 0 Å². The highest BCUT2D eigenvalue weighted by atomic mass is 16.8. The van der Waals surface area contributed by atoms with E-state index in [0.717, 1.165) is 0 Å². The summed E-state index contributed by atoms with van der Waals surface area (Å²) in [5.74, 6) is 0.0893. The third-order valence-electron chi connectivity index (χ3n) is 2.91. The molecule has 0 amide bonds. The number of rotatable bonds is 3. The van der Waals surface area contributed by atoms with Gasteiger partial charge in [-0.05, 0) is 0 Å². The van der Waals surface area contributed by atoms with E-state index in [1.54, 1.807) is 0 Å². The molecule has 2 rings (SSSR count). The lowest BCUT2D eigenvalue weighted by atomic mass is 10.1. The molecular formula is C9H18N4O5.